The molecule has 34 heavy (non-hydrogen) atoms. The molecule has 170 valence electrons. The van der Waals surface area contributed by atoms with Crippen LogP contribution in [0.3, 0.4) is 0 Å². The zero-order valence-electron chi connectivity index (χ0n) is 18.4. The predicted molar refractivity (Wildman–Crippen MR) is 132 cm³/mol. The van der Waals surface area contributed by atoms with Crippen molar-refractivity contribution in [1.29, 1.82) is 0 Å². The Morgan fingerprint density at radius 2 is 1.71 bits per heavy atom. The van der Waals surface area contributed by atoms with Crippen LogP contribution in [-0.2, 0) is 15.1 Å². The summed E-state index contributed by atoms with van der Waals surface area (Å²) in [5, 5.41) is 6.46. The van der Waals surface area contributed by atoms with Crippen molar-refractivity contribution >= 4 is 45.1 Å². The topological polar surface area (TPSA) is 91.4 Å². The number of para-hydroxylation sites is 1. The van der Waals surface area contributed by atoms with Gasteiger partial charge >= 0.3 is 6.03 Å². The Bertz CT molecular complexity index is 1350. The first-order chi connectivity index (χ1) is 16.5. The molecule has 7 nitrogen and oxygen atoms in total. The summed E-state index contributed by atoms with van der Waals surface area (Å²) in [6.45, 7) is 1.47. The molecule has 0 spiro atoms. The van der Waals surface area contributed by atoms with Crippen molar-refractivity contribution in [2.75, 3.05) is 11.9 Å². The van der Waals surface area contributed by atoms with E-state index >= 15 is 0 Å². The van der Waals surface area contributed by atoms with Crippen molar-refractivity contribution in [2.45, 2.75) is 18.9 Å². The highest BCUT2D eigenvalue weighted by atomic mass is 32.1. The van der Waals surface area contributed by atoms with Crippen molar-refractivity contribution in [3.63, 3.8) is 0 Å². The summed E-state index contributed by atoms with van der Waals surface area (Å²) >= 11 is 1.60. The number of imide groups is 1. The van der Waals surface area contributed by atoms with E-state index in [0.717, 1.165) is 25.7 Å². The minimum absolute atomic E-state index is 0.362. The van der Waals surface area contributed by atoms with Gasteiger partial charge < -0.3 is 10.6 Å². The summed E-state index contributed by atoms with van der Waals surface area (Å²) in [6, 6.07) is 23.8. The summed E-state index contributed by atoms with van der Waals surface area (Å²) in [6.07, 6.45) is 0.382. The van der Waals surface area contributed by atoms with E-state index in [1.807, 2.05) is 61.5 Å². The van der Waals surface area contributed by atoms with Crippen molar-refractivity contribution in [3.05, 3.63) is 84.4 Å². The highest BCUT2D eigenvalue weighted by Crippen LogP contribution is 2.33. The molecule has 1 atom stereocenters. The first kappa shape index (κ1) is 21.8. The van der Waals surface area contributed by atoms with Gasteiger partial charge in [0.15, 0.2) is 0 Å². The third-order valence-corrected chi connectivity index (χ3v) is 7.07. The molecule has 1 unspecified atom stereocenters. The number of anilines is 1. The molecule has 0 bridgehead atoms. The van der Waals surface area contributed by atoms with Gasteiger partial charge in [-0.25, -0.2) is 9.78 Å². The lowest BCUT2D eigenvalue weighted by molar-refractivity contribution is -0.134. The maximum Gasteiger partial charge on any atom is 0.325 e. The molecule has 1 fully saturated rings. The van der Waals surface area contributed by atoms with E-state index in [2.05, 4.69) is 15.6 Å². The number of amides is 4. The summed E-state index contributed by atoms with van der Waals surface area (Å²) in [4.78, 5) is 44.1. The van der Waals surface area contributed by atoms with Crippen LogP contribution in [0, 0.1) is 0 Å². The Morgan fingerprint density at radius 1 is 1.00 bits per heavy atom. The molecule has 3 aromatic carbocycles. The number of hydrogen-bond acceptors (Lipinski definition) is 5. The standard InChI is InChI=1S/C26H22N4O3S/c1-2-26(18-8-4-3-5-9-18)24(32)30(25(33)29-26)16-22(31)27-19-14-12-17(13-15-19)23-28-20-10-6-7-11-21(20)34-23/h3-15H,2,16H2,1H3,(H,27,31)(H,29,33). The molecule has 1 aliphatic heterocycles. The minimum Gasteiger partial charge on any atom is -0.325 e. The Hall–Kier alpha value is -4.04. The van der Waals surface area contributed by atoms with Gasteiger partial charge in [-0.3, -0.25) is 14.5 Å². The number of carbonyl (C=O) groups excluding carboxylic acids is 3. The monoisotopic (exact) mass is 470 g/mol. The third-order valence-electron chi connectivity index (χ3n) is 5.98. The first-order valence-electron chi connectivity index (χ1n) is 11.0. The van der Waals surface area contributed by atoms with Crippen molar-refractivity contribution in [1.82, 2.24) is 15.2 Å². The average molecular weight is 471 g/mol. The van der Waals surface area contributed by atoms with Gasteiger partial charge in [0.2, 0.25) is 5.91 Å². The van der Waals surface area contributed by atoms with Gasteiger partial charge in [-0.15, -0.1) is 11.3 Å². The Morgan fingerprint density at radius 3 is 2.41 bits per heavy atom. The van der Waals surface area contributed by atoms with Crippen LogP contribution < -0.4 is 10.6 Å². The molecule has 0 radical (unpaired) electrons. The van der Waals surface area contributed by atoms with Crippen LogP contribution in [-0.4, -0.2) is 34.3 Å². The minimum atomic E-state index is -1.16. The maximum absolute atomic E-state index is 13.2. The third kappa shape index (κ3) is 3.82. The number of benzene rings is 3. The molecule has 5 rings (SSSR count). The van der Waals surface area contributed by atoms with E-state index in [1.165, 1.54) is 0 Å². The summed E-state index contributed by atoms with van der Waals surface area (Å²) in [7, 11) is 0. The molecule has 8 heteroatoms. The summed E-state index contributed by atoms with van der Waals surface area (Å²) < 4.78 is 1.11. The van der Waals surface area contributed by atoms with Gasteiger partial charge in [0, 0.05) is 11.3 Å². The summed E-state index contributed by atoms with van der Waals surface area (Å²) in [5.41, 5.74) is 2.02. The Balaban J connectivity index is 1.28. The smallest absolute Gasteiger partial charge is 0.325 e. The number of nitrogens with one attached hydrogen (secondary N) is 2. The van der Waals surface area contributed by atoms with Crippen LogP contribution in [0.4, 0.5) is 10.5 Å². The first-order valence-corrected chi connectivity index (χ1v) is 11.8. The van der Waals surface area contributed by atoms with E-state index in [4.69, 9.17) is 0 Å². The van der Waals surface area contributed by atoms with E-state index in [-0.39, 0.29) is 6.54 Å². The lowest BCUT2D eigenvalue weighted by atomic mass is 9.87. The Kier molecular flexibility index (Phi) is 5.59. The fourth-order valence-electron chi connectivity index (χ4n) is 4.17. The lowest BCUT2D eigenvalue weighted by Crippen LogP contribution is -2.44. The van der Waals surface area contributed by atoms with Crippen LogP contribution in [0.25, 0.3) is 20.8 Å². The molecule has 2 heterocycles. The van der Waals surface area contributed by atoms with Crippen molar-refractivity contribution in [3.8, 4) is 10.6 Å². The van der Waals surface area contributed by atoms with Crippen LogP contribution in [0.15, 0.2) is 78.9 Å². The lowest BCUT2D eigenvalue weighted by Gasteiger charge is -2.25. The second kappa shape index (κ2) is 8.72. The maximum atomic E-state index is 13.2. The van der Waals surface area contributed by atoms with Gasteiger partial charge in [0.05, 0.1) is 10.2 Å². The van der Waals surface area contributed by atoms with Crippen molar-refractivity contribution in [2.24, 2.45) is 0 Å². The number of thiazole rings is 1. The second-order valence-electron chi connectivity index (χ2n) is 8.06. The second-order valence-corrected chi connectivity index (χ2v) is 9.09. The van der Waals surface area contributed by atoms with Gasteiger partial charge in [-0.2, -0.15) is 0 Å². The molecule has 4 amide bonds. The number of aromatic nitrogens is 1. The van der Waals surface area contributed by atoms with Crippen LogP contribution in [0.1, 0.15) is 18.9 Å². The Labute approximate surface area is 200 Å². The van der Waals surface area contributed by atoms with E-state index in [9.17, 15) is 14.4 Å². The van der Waals surface area contributed by atoms with Gasteiger partial charge in [-0.1, -0.05) is 49.4 Å². The zero-order valence-corrected chi connectivity index (χ0v) is 19.3. The molecular weight excluding hydrogens is 448 g/mol. The summed E-state index contributed by atoms with van der Waals surface area (Å²) in [5.74, 6) is -0.872. The molecular formula is C26H22N4O3S. The number of nitrogens with zero attached hydrogens (tertiary/aromatic N) is 2. The van der Waals surface area contributed by atoms with Crippen LogP contribution >= 0.6 is 11.3 Å². The fourth-order valence-corrected chi connectivity index (χ4v) is 5.14. The van der Waals surface area contributed by atoms with E-state index in [1.54, 1.807) is 35.6 Å². The van der Waals surface area contributed by atoms with Gasteiger partial charge in [0.25, 0.3) is 5.91 Å². The number of carbonyl (C=O) groups is 3. The average Bonchev–Trinajstić information content (AvgIpc) is 3.40. The van der Waals surface area contributed by atoms with Crippen LogP contribution in [0.2, 0.25) is 0 Å². The fraction of sp³-hybridized carbons (Fsp3) is 0.154. The quantitative estimate of drug-likeness (QED) is 0.398. The molecule has 1 aliphatic rings. The predicted octanol–water partition coefficient (Wildman–Crippen LogP) is 4.76. The molecule has 1 aromatic heterocycles. The highest BCUT2D eigenvalue weighted by Gasteiger charge is 2.51. The zero-order chi connectivity index (χ0) is 23.7. The number of rotatable bonds is 6. The van der Waals surface area contributed by atoms with Gasteiger partial charge in [-0.05, 0) is 48.4 Å². The SMILES string of the molecule is CCC1(c2ccccc2)NC(=O)N(CC(=O)Nc2ccc(-c3nc4ccccc4s3)cc2)C1=O. The number of urea groups is 1. The van der Waals surface area contributed by atoms with Crippen molar-refractivity contribution < 1.29 is 14.4 Å². The molecule has 0 aliphatic carbocycles. The number of fused-ring (bicyclic) bond motifs is 1. The van der Waals surface area contributed by atoms with E-state index < -0.39 is 23.4 Å². The molecule has 2 N–H and O–H groups in total. The molecule has 4 aromatic rings. The van der Waals surface area contributed by atoms with Gasteiger partial charge in [0.1, 0.15) is 17.1 Å². The largest absolute Gasteiger partial charge is 0.325 e. The molecule has 0 saturated carbocycles. The highest BCUT2D eigenvalue weighted by molar-refractivity contribution is 7.21. The van der Waals surface area contributed by atoms with E-state index in [0.29, 0.717) is 17.7 Å². The molecule has 1 saturated heterocycles. The normalized spacial score (nSPS) is 17.7. The van der Waals surface area contributed by atoms with Crippen LogP contribution in [0.5, 0.6) is 0 Å². The number of hydrogen-bond donors (Lipinski definition) is 2.